The van der Waals surface area contributed by atoms with E-state index in [9.17, 15) is 38.7 Å². The molecule has 0 fully saturated rings. The molecular weight excluding hydrogens is 610 g/mol. The van der Waals surface area contributed by atoms with Crippen LogP contribution in [0.2, 0.25) is 0 Å². The lowest BCUT2D eigenvalue weighted by molar-refractivity contribution is -0.142. The van der Waals surface area contributed by atoms with E-state index in [0.717, 1.165) is 0 Å². The molecule has 11 N–H and O–H groups in total. The second-order valence-electron chi connectivity index (χ2n) is 11.5. The van der Waals surface area contributed by atoms with Gasteiger partial charge in [-0.3, -0.25) is 28.8 Å². The number of hydrogen-bond acceptors (Lipinski definition) is 8. The number of carbonyl (C=O) groups is 7. The molecule has 2 aromatic carbocycles. The van der Waals surface area contributed by atoms with Crippen molar-refractivity contribution in [1.29, 1.82) is 0 Å². The number of nitrogens with two attached hydrogens (primary N) is 3. The molecule has 15 nitrogen and oxygen atoms in total. The third-order valence-corrected chi connectivity index (χ3v) is 6.95. The van der Waals surface area contributed by atoms with Crippen molar-refractivity contribution < 1.29 is 38.7 Å². The lowest BCUT2D eigenvalue weighted by atomic mass is 10.0. The molecule has 0 bridgehead atoms. The molecule has 0 spiro atoms. The Labute approximate surface area is 272 Å². The summed E-state index contributed by atoms with van der Waals surface area (Å²) in [6, 6.07) is 10.5. The fraction of sp³-hybridized carbons (Fsp3) is 0.406. The van der Waals surface area contributed by atoms with E-state index in [0.29, 0.717) is 11.1 Å². The highest BCUT2D eigenvalue weighted by atomic mass is 16.4. The maximum Gasteiger partial charge on any atom is 0.326 e. The largest absolute Gasteiger partial charge is 0.480 e. The van der Waals surface area contributed by atoms with Gasteiger partial charge in [0.1, 0.15) is 24.2 Å². The SMILES string of the molecule is CC(C)C[C@H](NC(=O)[C@@H](N)CC(N)=O)C(=O)N[C@@H](CC(N)=O)C(=O)N[C@@H](Cc1ccccc1)C(=O)N[C@@H](Cc1ccccc1)C(=O)O. The Morgan fingerprint density at radius 3 is 1.47 bits per heavy atom. The number of nitrogens with one attached hydrogen (secondary N) is 4. The minimum absolute atomic E-state index is 0.0274. The maximum atomic E-state index is 13.5. The van der Waals surface area contributed by atoms with Crippen molar-refractivity contribution in [3.63, 3.8) is 0 Å². The zero-order valence-electron chi connectivity index (χ0n) is 26.3. The predicted molar refractivity (Wildman–Crippen MR) is 171 cm³/mol. The molecule has 0 aliphatic rings. The lowest BCUT2D eigenvalue weighted by Crippen LogP contribution is -2.59. The molecule has 47 heavy (non-hydrogen) atoms. The van der Waals surface area contributed by atoms with E-state index in [1.165, 1.54) is 0 Å². The van der Waals surface area contributed by atoms with Crippen LogP contribution in [0.15, 0.2) is 60.7 Å². The van der Waals surface area contributed by atoms with Gasteiger partial charge in [-0.05, 0) is 23.5 Å². The van der Waals surface area contributed by atoms with Crippen molar-refractivity contribution in [3.8, 4) is 0 Å². The van der Waals surface area contributed by atoms with E-state index in [-0.39, 0.29) is 25.2 Å². The summed E-state index contributed by atoms with van der Waals surface area (Å²) >= 11 is 0. The van der Waals surface area contributed by atoms with Gasteiger partial charge in [0.05, 0.1) is 18.9 Å². The number of carboxylic acids is 1. The highest BCUT2D eigenvalue weighted by Gasteiger charge is 2.33. The summed E-state index contributed by atoms with van der Waals surface area (Å²) in [5.41, 5.74) is 17.5. The standard InChI is InChI=1S/C32H43N7O8/c1-18(2)13-22(36-28(42)21(33)16-26(34)40)29(43)38-24(17-27(35)41)31(45)37-23(14-19-9-5-3-6-10-19)30(44)39-25(32(46)47)15-20-11-7-4-8-12-20/h3-12,18,21-25H,13-17,33H2,1-2H3,(H2,34,40)(H2,35,41)(H,36,42)(H,37,45)(H,38,43)(H,39,44)(H,46,47)/t21-,22-,23-,24-,25-/m0/s1. The first-order chi connectivity index (χ1) is 22.2. The first-order valence-electron chi connectivity index (χ1n) is 15.0. The first-order valence-corrected chi connectivity index (χ1v) is 15.0. The van der Waals surface area contributed by atoms with E-state index >= 15 is 0 Å². The number of benzene rings is 2. The molecule has 254 valence electrons. The minimum atomic E-state index is -1.57. The van der Waals surface area contributed by atoms with Crippen LogP contribution in [0, 0.1) is 5.92 Å². The Kier molecular flexibility index (Phi) is 15.0. The van der Waals surface area contributed by atoms with Crippen LogP contribution in [0.4, 0.5) is 0 Å². The van der Waals surface area contributed by atoms with E-state index in [2.05, 4.69) is 21.3 Å². The zero-order valence-corrected chi connectivity index (χ0v) is 26.3. The van der Waals surface area contributed by atoms with Crippen LogP contribution in [-0.2, 0) is 46.4 Å². The van der Waals surface area contributed by atoms with Crippen molar-refractivity contribution in [1.82, 2.24) is 21.3 Å². The molecule has 0 aromatic heterocycles. The molecule has 0 saturated carbocycles. The third kappa shape index (κ3) is 13.7. The number of primary amides is 2. The van der Waals surface area contributed by atoms with Crippen molar-refractivity contribution >= 4 is 41.4 Å². The fourth-order valence-corrected chi connectivity index (χ4v) is 4.63. The van der Waals surface area contributed by atoms with Gasteiger partial charge in [-0.15, -0.1) is 0 Å². The molecule has 0 aliphatic heterocycles. The number of hydrogen-bond donors (Lipinski definition) is 8. The highest BCUT2D eigenvalue weighted by Crippen LogP contribution is 2.10. The maximum absolute atomic E-state index is 13.5. The monoisotopic (exact) mass is 653 g/mol. The average Bonchev–Trinajstić information content (AvgIpc) is 2.99. The summed E-state index contributed by atoms with van der Waals surface area (Å²) in [5, 5.41) is 19.7. The van der Waals surface area contributed by atoms with Gasteiger partial charge in [-0.1, -0.05) is 74.5 Å². The molecule has 2 aromatic rings. The summed E-state index contributed by atoms with van der Waals surface area (Å²) in [4.78, 5) is 88.1. The van der Waals surface area contributed by atoms with Gasteiger partial charge >= 0.3 is 5.97 Å². The van der Waals surface area contributed by atoms with Crippen molar-refractivity contribution in [3.05, 3.63) is 71.8 Å². The Hall–Kier alpha value is -5.31. The summed E-state index contributed by atoms with van der Waals surface area (Å²) in [7, 11) is 0. The number of carboxylic acid groups (broad SMARTS) is 1. The topological polar surface area (TPSA) is 266 Å². The van der Waals surface area contributed by atoms with Crippen LogP contribution in [0.5, 0.6) is 0 Å². The average molecular weight is 654 g/mol. The van der Waals surface area contributed by atoms with E-state index in [1.807, 2.05) is 0 Å². The molecule has 0 unspecified atom stereocenters. The molecule has 5 atom stereocenters. The lowest BCUT2D eigenvalue weighted by Gasteiger charge is -2.26. The van der Waals surface area contributed by atoms with Crippen LogP contribution in [0.3, 0.4) is 0 Å². The van der Waals surface area contributed by atoms with Crippen LogP contribution in [0.25, 0.3) is 0 Å². The third-order valence-electron chi connectivity index (χ3n) is 6.95. The van der Waals surface area contributed by atoms with Crippen LogP contribution in [0.1, 0.15) is 44.2 Å². The van der Waals surface area contributed by atoms with E-state index in [4.69, 9.17) is 17.2 Å². The zero-order chi connectivity index (χ0) is 35.1. The number of carbonyl (C=O) groups excluding carboxylic acids is 6. The number of aliphatic carboxylic acids is 1. The second-order valence-corrected chi connectivity index (χ2v) is 11.5. The Morgan fingerprint density at radius 1 is 0.596 bits per heavy atom. The van der Waals surface area contributed by atoms with Gasteiger partial charge in [-0.25, -0.2) is 4.79 Å². The summed E-state index contributed by atoms with van der Waals surface area (Å²) in [5.74, 6) is -6.64. The second kappa shape index (κ2) is 18.6. The summed E-state index contributed by atoms with van der Waals surface area (Å²) in [6.45, 7) is 3.55. The summed E-state index contributed by atoms with van der Waals surface area (Å²) < 4.78 is 0. The molecular formula is C32H43N7O8. The van der Waals surface area contributed by atoms with Gasteiger partial charge < -0.3 is 43.6 Å². The van der Waals surface area contributed by atoms with Crippen molar-refractivity contribution in [2.75, 3.05) is 0 Å². The molecule has 0 saturated heterocycles. The van der Waals surface area contributed by atoms with Crippen LogP contribution in [-0.4, -0.2) is 76.7 Å². The van der Waals surface area contributed by atoms with Crippen LogP contribution >= 0.6 is 0 Å². The van der Waals surface area contributed by atoms with Crippen molar-refractivity contribution in [2.45, 2.75) is 76.2 Å². The fourth-order valence-electron chi connectivity index (χ4n) is 4.63. The van der Waals surface area contributed by atoms with Crippen molar-refractivity contribution in [2.24, 2.45) is 23.1 Å². The Morgan fingerprint density at radius 2 is 1.00 bits per heavy atom. The Bertz CT molecular complexity index is 1400. The Balaban J connectivity index is 2.30. The van der Waals surface area contributed by atoms with Crippen LogP contribution < -0.4 is 38.5 Å². The minimum Gasteiger partial charge on any atom is -0.480 e. The quantitative estimate of drug-likeness (QED) is 0.0886. The smallest absolute Gasteiger partial charge is 0.326 e. The van der Waals surface area contributed by atoms with E-state index in [1.54, 1.807) is 74.5 Å². The predicted octanol–water partition coefficient (Wildman–Crippen LogP) is -1.38. The molecule has 0 radical (unpaired) electrons. The number of amides is 6. The number of rotatable bonds is 19. The van der Waals surface area contributed by atoms with Gasteiger partial charge in [0.2, 0.25) is 35.4 Å². The molecule has 0 heterocycles. The van der Waals surface area contributed by atoms with E-state index < -0.39 is 84.5 Å². The highest BCUT2D eigenvalue weighted by molar-refractivity contribution is 5.97. The summed E-state index contributed by atoms with van der Waals surface area (Å²) in [6.07, 6.45) is -1.11. The first kappa shape index (κ1) is 37.9. The molecule has 6 amide bonds. The molecule has 2 rings (SSSR count). The van der Waals surface area contributed by atoms with Gasteiger partial charge in [0.25, 0.3) is 0 Å². The van der Waals surface area contributed by atoms with Gasteiger partial charge in [0.15, 0.2) is 0 Å². The van der Waals surface area contributed by atoms with Gasteiger partial charge in [-0.2, -0.15) is 0 Å². The molecule has 0 aliphatic carbocycles. The van der Waals surface area contributed by atoms with Gasteiger partial charge in [0, 0.05) is 12.8 Å². The normalized spacial score (nSPS) is 14.0. The molecule has 15 heteroatoms.